The van der Waals surface area contributed by atoms with E-state index in [0.29, 0.717) is 0 Å². The zero-order valence-corrected chi connectivity index (χ0v) is 13.2. The van der Waals surface area contributed by atoms with Crippen LogP contribution in [0.5, 0.6) is 0 Å². The summed E-state index contributed by atoms with van der Waals surface area (Å²) in [5.41, 5.74) is 13.7. The molecule has 0 bridgehead atoms. The van der Waals surface area contributed by atoms with Crippen LogP contribution in [0.1, 0.15) is 27.7 Å². The molecule has 4 nitrogen and oxygen atoms in total. The standard InChI is InChI=1S/C16H30N4/c1-13(2)8-9-16(20-12-15(4)18)7-5-6-10-19-11-14(3)17/h5-10,14-15,19-20H,11-12,17-18H2,1-4H3/b7-5-,10-6+,16-9+. The maximum Gasteiger partial charge on any atom is 0.0340 e. The lowest BCUT2D eigenvalue weighted by molar-refractivity contribution is 0.674. The molecule has 0 aliphatic heterocycles. The van der Waals surface area contributed by atoms with Crippen LogP contribution in [0.25, 0.3) is 0 Å². The lowest BCUT2D eigenvalue weighted by Crippen LogP contribution is -2.30. The van der Waals surface area contributed by atoms with Gasteiger partial charge in [-0.3, -0.25) is 0 Å². The van der Waals surface area contributed by atoms with E-state index in [0.717, 1.165) is 18.8 Å². The summed E-state index contributed by atoms with van der Waals surface area (Å²) in [6, 6.07) is 0.284. The second kappa shape index (κ2) is 11.3. The predicted octanol–water partition coefficient (Wildman–Crippen LogP) is 1.78. The van der Waals surface area contributed by atoms with Crippen LogP contribution in [0, 0.1) is 0 Å². The molecule has 0 saturated carbocycles. The van der Waals surface area contributed by atoms with Crippen molar-refractivity contribution < 1.29 is 0 Å². The Kier molecular flexibility index (Phi) is 10.5. The van der Waals surface area contributed by atoms with Crippen LogP contribution in [0.3, 0.4) is 0 Å². The lowest BCUT2D eigenvalue weighted by Gasteiger charge is -2.09. The molecule has 0 saturated heterocycles. The molecule has 0 aromatic carbocycles. The normalized spacial score (nSPS) is 15.4. The molecule has 0 aliphatic rings. The van der Waals surface area contributed by atoms with Gasteiger partial charge in [-0.25, -0.2) is 0 Å². The molecule has 0 spiro atoms. The van der Waals surface area contributed by atoms with Gasteiger partial charge in [0.2, 0.25) is 0 Å². The molecule has 114 valence electrons. The van der Waals surface area contributed by atoms with Gasteiger partial charge in [0.1, 0.15) is 0 Å². The van der Waals surface area contributed by atoms with Crippen LogP contribution < -0.4 is 22.1 Å². The first-order valence-electron chi connectivity index (χ1n) is 7.08. The quantitative estimate of drug-likeness (QED) is 0.485. The number of hydrogen-bond acceptors (Lipinski definition) is 4. The van der Waals surface area contributed by atoms with Crippen LogP contribution in [-0.2, 0) is 0 Å². The second-order valence-corrected chi connectivity index (χ2v) is 5.33. The number of allylic oxidation sites excluding steroid dienone is 6. The van der Waals surface area contributed by atoms with Crippen molar-refractivity contribution in [1.82, 2.24) is 10.6 Å². The van der Waals surface area contributed by atoms with Crippen LogP contribution >= 0.6 is 0 Å². The van der Waals surface area contributed by atoms with Gasteiger partial charge >= 0.3 is 0 Å². The molecule has 6 N–H and O–H groups in total. The molecule has 0 rings (SSSR count). The maximum absolute atomic E-state index is 5.75. The third-order valence-corrected chi connectivity index (χ3v) is 2.27. The minimum atomic E-state index is 0.127. The van der Waals surface area contributed by atoms with Gasteiger partial charge in [-0.1, -0.05) is 17.7 Å². The summed E-state index contributed by atoms with van der Waals surface area (Å²) in [4.78, 5) is 0. The maximum atomic E-state index is 5.75. The van der Waals surface area contributed by atoms with E-state index in [2.05, 4.69) is 36.6 Å². The van der Waals surface area contributed by atoms with Crippen LogP contribution in [-0.4, -0.2) is 25.2 Å². The van der Waals surface area contributed by atoms with Crippen LogP contribution in [0.2, 0.25) is 0 Å². The van der Waals surface area contributed by atoms with Gasteiger partial charge in [-0.05, 0) is 52.1 Å². The van der Waals surface area contributed by atoms with E-state index in [-0.39, 0.29) is 12.1 Å². The molecule has 0 amide bonds. The molecule has 2 unspecified atom stereocenters. The van der Waals surface area contributed by atoms with E-state index in [1.54, 1.807) is 0 Å². The fourth-order valence-corrected chi connectivity index (χ4v) is 1.25. The van der Waals surface area contributed by atoms with Gasteiger partial charge < -0.3 is 22.1 Å². The monoisotopic (exact) mass is 278 g/mol. The third kappa shape index (κ3) is 12.9. The Morgan fingerprint density at radius 1 is 1.00 bits per heavy atom. The summed E-state index contributed by atoms with van der Waals surface area (Å²) in [5.74, 6) is 0. The number of rotatable bonds is 9. The van der Waals surface area contributed by atoms with Gasteiger partial charge in [-0.15, -0.1) is 0 Å². The Balaban J connectivity index is 4.40. The lowest BCUT2D eigenvalue weighted by atomic mass is 10.2. The van der Waals surface area contributed by atoms with Gasteiger partial charge in [0, 0.05) is 30.9 Å². The van der Waals surface area contributed by atoms with E-state index < -0.39 is 0 Å². The van der Waals surface area contributed by atoms with Crippen LogP contribution in [0.4, 0.5) is 0 Å². The molecular formula is C16H30N4. The highest BCUT2D eigenvalue weighted by atomic mass is 14.9. The van der Waals surface area contributed by atoms with Crippen molar-refractivity contribution in [3.05, 3.63) is 47.9 Å². The van der Waals surface area contributed by atoms with Gasteiger partial charge in [0.15, 0.2) is 0 Å². The molecule has 0 fully saturated rings. The summed E-state index contributed by atoms with van der Waals surface area (Å²) < 4.78 is 0. The highest BCUT2D eigenvalue weighted by Gasteiger charge is 1.94. The van der Waals surface area contributed by atoms with Gasteiger partial charge in [-0.2, -0.15) is 0 Å². The molecule has 4 heteroatoms. The summed E-state index contributed by atoms with van der Waals surface area (Å²) in [7, 11) is 0. The molecule has 0 aromatic heterocycles. The second-order valence-electron chi connectivity index (χ2n) is 5.33. The fourth-order valence-electron chi connectivity index (χ4n) is 1.25. The third-order valence-electron chi connectivity index (χ3n) is 2.27. The zero-order chi connectivity index (χ0) is 15.4. The average Bonchev–Trinajstić information content (AvgIpc) is 2.34. The Morgan fingerprint density at radius 2 is 1.65 bits per heavy atom. The smallest absolute Gasteiger partial charge is 0.0340 e. The van der Waals surface area contributed by atoms with Gasteiger partial charge in [0.25, 0.3) is 0 Å². The van der Waals surface area contributed by atoms with Crippen LogP contribution in [0.15, 0.2) is 47.9 Å². The van der Waals surface area contributed by atoms with E-state index in [4.69, 9.17) is 11.5 Å². The highest BCUT2D eigenvalue weighted by molar-refractivity contribution is 5.26. The van der Waals surface area contributed by atoms with Crippen molar-refractivity contribution in [1.29, 1.82) is 0 Å². The van der Waals surface area contributed by atoms with Crippen molar-refractivity contribution in [2.45, 2.75) is 39.8 Å². The molecule has 0 heterocycles. The predicted molar refractivity (Wildman–Crippen MR) is 89.1 cm³/mol. The Morgan fingerprint density at radius 3 is 2.20 bits per heavy atom. The van der Waals surface area contributed by atoms with Crippen molar-refractivity contribution in [3.8, 4) is 0 Å². The summed E-state index contributed by atoms with van der Waals surface area (Å²) >= 11 is 0. The van der Waals surface area contributed by atoms with E-state index in [1.165, 1.54) is 5.57 Å². The molecule has 2 atom stereocenters. The van der Waals surface area contributed by atoms with E-state index in [1.807, 2.05) is 38.3 Å². The Bertz CT molecular complexity index is 359. The van der Waals surface area contributed by atoms with Crippen molar-refractivity contribution in [2.75, 3.05) is 13.1 Å². The molecule has 0 aromatic rings. The van der Waals surface area contributed by atoms with E-state index >= 15 is 0 Å². The Hall–Kier alpha value is -1.52. The first-order chi connectivity index (χ1) is 9.41. The summed E-state index contributed by atoms with van der Waals surface area (Å²) in [6.07, 6.45) is 12.0. The highest BCUT2D eigenvalue weighted by Crippen LogP contribution is 1.97. The fraction of sp³-hybridized carbons (Fsp3) is 0.500. The van der Waals surface area contributed by atoms with Crippen molar-refractivity contribution in [3.63, 3.8) is 0 Å². The van der Waals surface area contributed by atoms with Crippen molar-refractivity contribution in [2.24, 2.45) is 11.5 Å². The largest absolute Gasteiger partial charge is 0.389 e. The topological polar surface area (TPSA) is 76.1 Å². The first kappa shape index (κ1) is 18.5. The van der Waals surface area contributed by atoms with Gasteiger partial charge in [0.05, 0.1) is 0 Å². The zero-order valence-electron chi connectivity index (χ0n) is 13.2. The number of hydrogen-bond donors (Lipinski definition) is 4. The molecule has 0 aliphatic carbocycles. The summed E-state index contributed by atoms with van der Waals surface area (Å²) in [6.45, 7) is 9.61. The minimum absolute atomic E-state index is 0.127. The first-order valence-corrected chi connectivity index (χ1v) is 7.08. The SMILES string of the molecule is CC(C)=C\C=C(/C=C\C=C\NCC(C)N)NCC(C)N. The number of nitrogens with two attached hydrogens (primary N) is 2. The molecular weight excluding hydrogens is 248 g/mol. The minimum Gasteiger partial charge on any atom is -0.389 e. The average molecular weight is 278 g/mol. The number of nitrogens with one attached hydrogen (secondary N) is 2. The van der Waals surface area contributed by atoms with E-state index in [9.17, 15) is 0 Å². The molecule has 20 heavy (non-hydrogen) atoms. The summed E-state index contributed by atoms with van der Waals surface area (Å²) in [5, 5.41) is 6.44. The van der Waals surface area contributed by atoms with Crippen molar-refractivity contribution >= 4 is 0 Å². The molecule has 0 radical (unpaired) electrons. The Labute approximate surface area is 123 Å².